The zero-order chi connectivity index (χ0) is 30.5. The second kappa shape index (κ2) is 10.7. The molecule has 1 aliphatic rings. The Labute approximate surface area is 266 Å². The predicted octanol–water partition coefficient (Wildman–Crippen LogP) is 10.3. The number of benzene rings is 6. The lowest BCUT2D eigenvalue weighted by atomic mass is 10.0. The van der Waals surface area contributed by atoms with Gasteiger partial charge < -0.3 is 4.90 Å². The van der Waals surface area contributed by atoms with E-state index in [9.17, 15) is 0 Å². The predicted molar refractivity (Wildman–Crippen MR) is 189 cm³/mol. The van der Waals surface area contributed by atoms with Crippen molar-refractivity contribution in [3.05, 3.63) is 163 Å². The van der Waals surface area contributed by atoms with Gasteiger partial charge in [-0.3, -0.25) is 4.57 Å². The standard InChI is InChI=1S/C41H27N5/c1-4-15-29(16-5-1)39-42-40(30-17-6-2-7-18-30)44-41(43-39)46-35-23-13-11-21-32(35)38-33-25-24-28-14-10-12-22-34(28)45(31-19-8-3-9-20-31)36(33)26-27-37(38)46/h1-27H. The molecule has 0 bridgehead atoms. The molecule has 0 saturated carbocycles. The van der Waals surface area contributed by atoms with Crippen LogP contribution in [0.2, 0.25) is 0 Å². The molecule has 1 aliphatic heterocycles. The lowest BCUT2D eigenvalue weighted by molar-refractivity contribution is 0.953. The van der Waals surface area contributed by atoms with Crippen molar-refractivity contribution in [3.63, 3.8) is 0 Å². The molecule has 3 heterocycles. The first-order chi connectivity index (χ1) is 22.8. The summed E-state index contributed by atoms with van der Waals surface area (Å²) >= 11 is 0. The van der Waals surface area contributed by atoms with E-state index in [1.165, 1.54) is 0 Å². The minimum absolute atomic E-state index is 0.583. The van der Waals surface area contributed by atoms with E-state index in [0.29, 0.717) is 17.6 Å². The number of hydrogen-bond acceptors (Lipinski definition) is 4. The van der Waals surface area contributed by atoms with Crippen LogP contribution in [0.15, 0.2) is 152 Å². The van der Waals surface area contributed by atoms with Crippen LogP contribution in [-0.2, 0) is 0 Å². The highest BCUT2D eigenvalue weighted by atomic mass is 15.2. The Morgan fingerprint density at radius 2 is 1.04 bits per heavy atom. The molecule has 0 aliphatic carbocycles. The normalized spacial score (nSPS) is 12.2. The fourth-order valence-corrected chi connectivity index (χ4v) is 6.54. The van der Waals surface area contributed by atoms with Crippen LogP contribution < -0.4 is 4.90 Å². The fraction of sp³-hybridized carbons (Fsp3) is 0. The molecule has 0 spiro atoms. The Balaban J connectivity index is 1.35. The third-order valence-corrected chi connectivity index (χ3v) is 8.61. The number of nitrogens with zero attached hydrogens (tertiary/aromatic N) is 5. The Morgan fingerprint density at radius 3 is 1.76 bits per heavy atom. The molecule has 0 amide bonds. The molecule has 8 aromatic rings. The Hall–Kier alpha value is -6.33. The molecule has 216 valence electrons. The van der Waals surface area contributed by atoms with Crippen molar-refractivity contribution in [1.82, 2.24) is 19.5 Å². The van der Waals surface area contributed by atoms with Crippen molar-refractivity contribution in [1.29, 1.82) is 0 Å². The average Bonchev–Trinajstić information content (AvgIpc) is 3.37. The monoisotopic (exact) mass is 589 g/mol. The lowest BCUT2D eigenvalue weighted by Gasteiger charge is -2.27. The second-order valence-electron chi connectivity index (χ2n) is 11.3. The van der Waals surface area contributed by atoms with Crippen molar-refractivity contribution in [2.24, 2.45) is 0 Å². The van der Waals surface area contributed by atoms with E-state index in [0.717, 1.165) is 61.1 Å². The summed E-state index contributed by atoms with van der Waals surface area (Å²) in [5.74, 6) is 1.85. The van der Waals surface area contributed by atoms with Gasteiger partial charge in [0, 0.05) is 33.2 Å². The molecule has 46 heavy (non-hydrogen) atoms. The SMILES string of the molecule is C1=Cc2c(ccc3c2c2ccccc2n3-c2nc(-c3ccccc3)nc(-c3ccccc3)n2)N(c2ccccc2)c2ccccc21. The van der Waals surface area contributed by atoms with E-state index < -0.39 is 0 Å². The van der Waals surface area contributed by atoms with Crippen LogP contribution in [0, 0.1) is 0 Å². The van der Waals surface area contributed by atoms with E-state index in [-0.39, 0.29) is 0 Å². The van der Waals surface area contributed by atoms with Gasteiger partial charge in [-0.15, -0.1) is 0 Å². The van der Waals surface area contributed by atoms with Gasteiger partial charge in [0.25, 0.3) is 0 Å². The van der Waals surface area contributed by atoms with E-state index in [1.807, 2.05) is 60.7 Å². The van der Waals surface area contributed by atoms with Gasteiger partial charge in [-0.2, -0.15) is 9.97 Å². The van der Waals surface area contributed by atoms with Crippen LogP contribution in [0.3, 0.4) is 0 Å². The summed E-state index contributed by atoms with van der Waals surface area (Å²) < 4.78 is 2.18. The maximum atomic E-state index is 5.11. The topological polar surface area (TPSA) is 46.8 Å². The van der Waals surface area contributed by atoms with E-state index in [4.69, 9.17) is 15.0 Å². The average molecular weight is 590 g/mol. The Morgan fingerprint density at radius 1 is 0.435 bits per heavy atom. The van der Waals surface area contributed by atoms with E-state index in [2.05, 4.69) is 113 Å². The highest BCUT2D eigenvalue weighted by Gasteiger charge is 2.25. The van der Waals surface area contributed by atoms with Crippen LogP contribution in [0.4, 0.5) is 17.1 Å². The maximum Gasteiger partial charge on any atom is 0.238 e. The number of anilines is 3. The van der Waals surface area contributed by atoms with Crippen molar-refractivity contribution in [3.8, 4) is 28.7 Å². The van der Waals surface area contributed by atoms with Crippen molar-refractivity contribution >= 4 is 51.0 Å². The Bertz CT molecular complexity index is 2350. The van der Waals surface area contributed by atoms with Gasteiger partial charge >= 0.3 is 0 Å². The highest BCUT2D eigenvalue weighted by molar-refractivity contribution is 6.16. The smallest absolute Gasteiger partial charge is 0.238 e. The molecule has 0 radical (unpaired) electrons. The first-order valence-corrected chi connectivity index (χ1v) is 15.4. The molecule has 0 saturated heterocycles. The van der Waals surface area contributed by atoms with Crippen molar-refractivity contribution in [2.45, 2.75) is 0 Å². The minimum Gasteiger partial charge on any atom is -0.309 e. The highest BCUT2D eigenvalue weighted by Crippen LogP contribution is 2.46. The first-order valence-electron chi connectivity index (χ1n) is 15.4. The zero-order valence-electron chi connectivity index (χ0n) is 24.8. The number of hydrogen-bond donors (Lipinski definition) is 0. The molecule has 2 aromatic heterocycles. The molecule has 0 unspecified atom stereocenters. The van der Waals surface area contributed by atoms with Crippen LogP contribution in [0.5, 0.6) is 0 Å². The quantitative estimate of drug-likeness (QED) is 0.205. The molecule has 6 aromatic carbocycles. The summed E-state index contributed by atoms with van der Waals surface area (Å²) in [5.41, 5.74) is 9.64. The summed E-state index contributed by atoms with van der Waals surface area (Å²) in [7, 11) is 0. The van der Waals surface area contributed by atoms with Gasteiger partial charge in [0.2, 0.25) is 5.95 Å². The summed E-state index contributed by atoms with van der Waals surface area (Å²) in [6, 6.07) is 52.4. The third kappa shape index (κ3) is 4.21. The maximum absolute atomic E-state index is 5.11. The molecule has 0 N–H and O–H groups in total. The fourth-order valence-electron chi connectivity index (χ4n) is 6.54. The van der Waals surface area contributed by atoms with Crippen LogP contribution in [0.1, 0.15) is 11.1 Å². The van der Waals surface area contributed by atoms with Gasteiger partial charge in [0.05, 0.1) is 22.4 Å². The van der Waals surface area contributed by atoms with E-state index in [1.54, 1.807) is 0 Å². The molecule has 0 fully saturated rings. The summed E-state index contributed by atoms with van der Waals surface area (Å²) in [4.78, 5) is 17.5. The number of fused-ring (bicyclic) bond motifs is 6. The van der Waals surface area contributed by atoms with Gasteiger partial charge in [0.15, 0.2) is 11.6 Å². The van der Waals surface area contributed by atoms with E-state index >= 15 is 0 Å². The van der Waals surface area contributed by atoms with Gasteiger partial charge in [-0.05, 0) is 42.0 Å². The molecular weight excluding hydrogens is 562 g/mol. The lowest BCUT2D eigenvalue weighted by Crippen LogP contribution is -2.11. The molecule has 0 atom stereocenters. The number of para-hydroxylation sites is 3. The molecule has 5 nitrogen and oxygen atoms in total. The van der Waals surface area contributed by atoms with Gasteiger partial charge in [-0.25, -0.2) is 4.98 Å². The number of rotatable bonds is 4. The second-order valence-corrected chi connectivity index (χ2v) is 11.3. The van der Waals surface area contributed by atoms with Crippen LogP contribution >= 0.6 is 0 Å². The summed E-state index contributed by atoms with van der Waals surface area (Å²) in [6.07, 6.45) is 4.49. The third-order valence-electron chi connectivity index (χ3n) is 8.61. The minimum atomic E-state index is 0.583. The molecule has 5 heteroatoms. The van der Waals surface area contributed by atoms with Crippen LogP contribution in [0.25, 0.3) is 62.7 Å². The molecular formula is C41H27N5. The number of aromatic nitrogens is 4. The summed E-state index contributed by atoms with van der Waals surface area (Å²) in [6.45, 7) is 0. The van der Waals surface area contributed by atoms with Crippen LogP contribution in [-0.4, -0.2) is 19.5 Å². The largest absolute Gasteiger partial charge is 0.309 e. The Kier molecular flexibility index (Phi) is 6.06. The van der Waals surface area contributed by atoms with Gasteiger partial charge in [0.1, 0.15) is 0 Å². The first kappa shape index (κ1) is 26.1. The van der Waals surface area contributed by atoms with Gasteiger partial charge in [-0.1, -0.05) is 127 Å². The van der Waals surface area contributed by atoms with Crippen molar-refractivity contribution in [2.75, 3.05) is 4.90 Å². The zero-order valence-corrected chi connectivity index (χ0v) is 24.8. The summed E-state index contributed by atoms with van der Waals surface area (Å²) in [5, 5.41) is 2.29. The van der Waals surface area contributed by atoms with Crippen molar-refractivity contribution < 1.29 is 0 Å². The molecule has 9 rings (SSSR count).